The fourth-order valence-corrected chi connectivity index (χ4v) is 3.64. The highest BCUT2D eigenvalue weighted by Crippen LogP contribution is 2.24. The molecule has 4 nitrogen and oxygen atoms in total. The first-order chi connectivity index (χ1) is 13.8. The Hall–Kier alpha value is -3.58. The van der Waals surface area contributed by atoms with Gasteiger partial charge < -0.3 is 9.88 Å². The maximum atomic E-state index is 12.6. The van der Waals surface area contributed by atoms with Crippen LogP contribution >= 0.6 is 0 Å². The molecule has 29 heavy (non-hydrogen) atoms. The molecule has 0 unspecified atom stereocenters. The predicted molar refractivity (Wildman–Crippen MR) is 118 cm³/mol. The molecule has 3 rings (SSSR count). The number of hydrogen-bond acceptors (Lipinski definition) is 2. The Kier molecular flexibility index (Phi) is 5.70. The number of benzene rings is 2. The van der Waals surface area contributed by atoms with E-state index in [4.69, 9.17) is 0 Å². The van der Waals surface area contributed by atoms with E-state index in [2.05, 4.69) is 41.9 Å². The topological polar surface area (TPSA) is 57.8 Å². The van der Waals surface area contributed by atoms with Crippen LogP contribution in [0.1, 0.15) is 33.6 Å². The molecule has 2 aromatic carbocycles. The summed E-state index contributed by atoms with van der Waals surface area (Å²) < 4.78 is 2.15. The van der Waals surface area contributed by atoms with E-state index in [0.29, 0.717) is 5.69 Å². The molecule has 1 amide bonds. The largest absolute Gasteiger partial charge is 0.321 e. The number of anilines is 1. The second-order valence-electron chi connectivity index (χ2n) is 7.50. The minimum absolute atomic E-state index is 0.0761. The van der Waals surface area contributed by atoms with Crippen LogP contribution in [0, 0.1) is 45.9 Å². The van der Waals surface area contributed by atoms with Crippen LogP contribution in [0.5, 0.6) is 0 Å². The van der Waals surface area contributed by atoms with Crippen molar-refractivity contribution in [1.82, 2.24) is 4.57 Å². The fraction of sp³-hybridized carbons (Fsp3) is 0.200. The van der Waals surface area contributed by atoms with E-state index in [-0.39, 0.29) is 5.57 Å². The van der Waals surface area contributed by atoms with E-state index < -0.39 is 5.91 Å². The number of carbonyl (C=O) groups is 1. The summed E-state index contributed by atoms with van der Waals surface area (Å²) in [6, 6.07) is 18.0. The molecule has 0 spiro atoms. The molecule has 0 radical (unpaired) electrons. The number of nitriles is 1. The number of hydrogen-bond donors (Lipinski definition) is 1. The summed E-state index contributed by atoms with van der Waals surface area (Å²) in [5.74, 6) is -0.408. The van der Waals surface area contributed by atoms with Gasteiger partial charge >= 0.3 is 0 Å². The molecule has 0 saturated carbocycles. The minimum Gasteiger partial charge on any atom is -0.321 e. The van der Waals surface area contributed by atoms with Gasteiger partial charge in [0, 0.05) is 22.8 Å². The molecule has 0 aliphatic heterocycles. The Morgan fingerprint density at radius 1 is 0.966 bits per heavy atom. The summed E-state index contributed by atoms with van der Waals surface area (Å²) in [4.78, 5) is 12.6. The molecule has 0 atom stereocenters. The summed E-state index contributed by atoms with van der Waals surface area (Å²) in [5.41, 5.74) is 8.17. The third-order valence-corrected chi connectivity index (χ3v) is 4.88. The molecule has 1 N–H and O–H groups in total. The maximum absolute atomic E-state index is 12.6. The first-order valence-corrected chi connectivity index (χ1v) is 9.56. The highest BCUT2D eigenvalue weighted by molar-refractivity contribution is 6.09. The van der Waals surface area contributed by atoms with E-state index in [0.717, 1.165) is 28.2 Å². The predicted octanol–water partition coefficient (Wildman–Crippen LogP) is 5.57. The van der Waals surface area contributed by atoms with Crippen molar-refractivity contribution in [1.29, 1.82) is 5.26 Å². The van der Waals surface area contributed by atoms with Crippen molar-refractivity contribution < 1.29 is 4.79 Å². The smallest absolute Gasteiger partial charge is 0.266 e. The first-order valence-electron chi connectivity index (χ1n) is 9.56. The number of rotatable bonds is 4. The lowest BCUT2D eigenvalue weighted by molar-refractivity contribution is -0.112. The average molecular weight is 383 g/mol. The first kappa shape index (κ1) is 20.2. The van der Waals surface area contributed by atoms with Crippen molar-refractivity contribution in [3.8, 4) is 11.8 Å². The number of aryl methyl sites for hydroxylation is 4. The Bertz CT molecular complexity index is 1140. The monoisotopic (exact) mass is 383 g/mol. The number of carbonyl (C=O) groups excluding carboxylic acids is 1. The lowest BCUT2D eigenvalue weighted by Crippen LogP contribution is -2.13. The van der Waals surface area contributed by atoms with Gasteiger partial charge in [-0.05, 0) is 93.3 Å². The average Bonchev–Trinajstić information content (AvgIpc) is 2.92. The fourth-order valence-electron chi connectivity index (χ4n) is 3.64. The molecule has 1 aromatic heterocycles. The van der Waals surface area contributed by atoms with Gasteiger partial charge in [-0.2, -0.15) is 5.26 Å². The van der Waals surface area contributed by atoms with E-state index >= 15 is 0 Å². The van der Waals surface area contributed by atoms with Gasteiger partial charge in [-0.3, -0.25) is 4.79 Å². The molecular formula is C25H25N3O. The number of aromatic nitrogens is 1. The quantitative estimate of drug-likeness (QED) is 0.473. The third-order valence-electron chi connectivity index (χ3n) is 4.88. The van der Waals surface area contributed by atoms with Crippen molar-refractivity contribution in [2.24, 2.45) is 0 Å². The van der Waals surface area contributed by atoms with Crippen LogP contribution in [-0.4, -0.2) is 10.5 Å². The summed E-state index contributed by atoms with van der Waals surface area (Å²) in [6.07, 6.45) is 1.66. The molecule has 0 aliphatic carbocycles. The zero-order valence-corrected chi connectivity index (χ0v) is 17.5. The molecule has 0 saturated heterocycles. The van der Waals surface area contributed by atoms with E-state index in [1.165, 1.54) is 11.1 Å². The van der Waals surface area contributed by atoms with E-state index in [9.17, 15) is 10.1 Å². The highest BCUT2D eigenvalue weighted by Gasteiger charge is 2.14. The van der Waals surface area contributed by atoms with Gasteiger partial charge in [-0.25, -0.2) is 0 Å². The second-order valence-corrected chi connectivity index (χ2v) is 7.50. The molecule has 0 fully saturated rings. The zero-order valence-electron chi connectivity index (χ0n) is 17.5. The van der Waals surface area contributed by atoms with Crippen molar-refractivity contribution in [2.75, 3.05) is 5.32 Å². The van der Waals surface area contributed by atoms with Gasteiger partial charge in [0.05, 0.1) is 0 Å². The van der Waals surface area contributed by atoms with Crippen LogP contribution in [0.25, 0.3) is 11.8 Å². The van der Waals surface area contributed by atoms with E-state index in [1.54, 1.807) is 6.08 Å². The molecular weight excluding hydrogens is 358 g/mol. The zero-order chi connectivity index (χ0) is 21.1. The standard InChI is InChI=1S/C25H25N3O/c1-16-7-6-8-23(10-16)27-25(29)22(15-26)14-21-13-19(4)28(20(21)5)24-11-17(2)9-18(3)12-24/h6-14H,1-5H3,(H,27,29)/b22-14+. The lowest BCUT2D eigenvalue weighted by Gasteiger charge is -2.12. The number of nitrogens with one attached hydrogen (secondary N) is 1. The minimum atomic E-state index is -0.408. The molecule has 146 valence electrons. The van der Waals surface area contributed by atoms with Crippen molar-refractivity contribution in [3.63, 3.8) is 0 Å². The van der Waals surface area contributed by atoms with Gasteiger partial charge in [0.2, 0.25) is 0 Å². The Morgan fingerprint density at radius 2 is 1.66 bits per heavy atom. The number of nitrogens with zero attached hydrogens (tertiary/aromatic N) is 2. The number of amides is 1. The summed E-state index contributed by atoms with van der Waals surface area (Å²) in [5, 5.41) is 12.4. The SMILES string of the molecule is Cc1cccc(NC(=O)/C(C#N)=C/c2cc(C)n(-c3cc(C)cc(C)c3)c2C)c1. The lowest BCUT2D eigenvalue weighted by atomic mass is 10.1. The van der Waals surface area contributed by atoms with Crippen LogP contribution in [0.15, 0.2) is 54.1 Å². The van der Waals surface area contributed by atoms with Crippen molar-refractivity contribution in [2.45, 2.75) is 34.6 Å². The Morgan fingerprint density at radius 3 is 2.28 bits per heavy atom. The van der Waals surface area contributed by atoms with Crippen LogP contribution in [0.4, 0.5) is 5.69 Å². The van der Waals surface area contributed by atoms with Crippen molar-refractivity contribution >= 4 is 17.7 Å². The van der Waals surface area contributed by atoms with Gasteiger partial charge in [0.1, 0.15) is 11.6 Å². The summed E-state index contributed by atoms with van der Waals surface area (Å²) in [6.45, 7) is 10.1. The van der Waals surface area contributed by atoms with Crippen LogP contribution < -0.4 is 5.32 Å². The molecule has 3 aromatic rings. The highest BCUT2D eigenvalue weighted by atomic mass is 16.1. The Balaban J connectivity index is 1.96. The Labute approximate surface area is 172 Å². The van der Waals surface area contributed by atoms with E-state index in [1.807, 2.05) is 57.2 Å². The molecule has 0 aliphatic rings. The second kappa shape index (κ2) is 8.20. The molecule has 4 heteroatoms. The summed E-state index contributed by atoms with van der Waals surface area (Å²) >= 11 is 0. The molecule has 1 heterocycles. The van der Waals surface area contributed by atoms with Crippen molar-refractivity contribution in [3.05, 3.63) is 87.7 Å². The molecule has 0 bridgehead atoms. The van der Waals surface area contributed by atoms with Crippen LogP contribution in [-0.2, 0) is 4.79 Å². The third kappa shape index (κ3) is 4.47. The summed E-state index contributed by atoms with van der Waals surface area (Å²) in [7, 11) is 0. The normalized spacial score (nSPS) is 11.2. The van der Waals surface area contributed by atoms with Gasteiger partial charge in [0.15, 0.2) is 0 Å². The van der Waals surface area contributed by atoms with Crippen LogP contribution in [0.2, 0.25) is 0 Å². The van der Waals surface area contributed by atoms with Gasteiger partial charge in [0.25, 0.3) is 5.91 Å². The van der Waals surface area contributed by atoms with Gasteiger partial charge in [-0.15, -0.1) is 0 Å². The van der Waals surface area contributed by atoms with Gasteiger partial charge in [-0.1, -0.05) is 18.2 Å². The maximum Gasteiger partial charge on any atom is 0.266 e. The van der Waals surface area contributed by atoms with Crippen LogP contribution in [0.3, 0.4) is 0 Å².